The lowest BCUT2D eigenvalue weighted by Gasteiger charge is -2.29. The molecule has 2 aromatic heterocycles. The van der Waals surface area contributed by atoms with Crippen LogP contribution in [0, 0.1) is 0 Å². The van der Waals surface area contributed by atoms with Crippen molar-refractivity contribution in [2.24, 2.45) is 9.98 Å². The number of hydrogen-bond acceptors (Lipinski definition) is 7. The Morgan fingerprint density at radius 3 is 2.53 bits per heavy atom. The van der Waals surface area contributed by atoms with Gasteiger partial charge in [0.25, 0.3) is 0 Å². The molecule has 7 nitrogen and oxygen atoms in total. The number of fused-ring (bicyclic) bond motifs is 1. The summed E-state index contributed by atoms with van der Waals surface area (Å²) in [6.07, 6.45) is 1.11. The number of ether oxygens (including phenoxy) is 1. The Kier molecular flexibility index (Phi) is 6.26. The minimum absolute atomic E-state index is 0.0813. The summed E-state index contributed by atoms with van der Waals surface area (Å²) >= 11 is 0. The van der Waals surface area contributed by atoms with Crippen LogP contribution >= 0.6 is 0 Å². The molecule has 0 amide bonds. The number of nitrogens with one attached hydrogen (secondary N) is 2. The molecular weight excluding hydrogens is 445 g/mol. The van der Waals surface area contributed by atoms with Crippen molar-refractivity contribution in [3.05, 3.63) is 71.3 Å². The number of pyridine rings is 2. The lowest BCUT2D eigenvalue weighted by molar-refractivity contribution is -0.138. The zero-order valence-corrected chi connectivity index (χ0v) is 19.2. The van der Waals surface area contributed by atoms with Gasteiger partial charge in [-0.05, 0) is 36.4 Å². The van der Waals surface area contributed by atoms with Crippen LogP contribution in [0.5, 0.6) is 0 Å². The van der Waals surface area contributed by atoms with E-state index in [1.165, 1.54) is 19.4 Å². The third-order valence-electron chi connectivity index (χ3n) is 5.25. The second kappa shape index (κ2) is 9.02. The zero-order chi connectivity index (χ0) is 24.5. The first-order valence-electron chi connectivity index (χ1n) is 10.7. The first kappa shape index (κ1) is 23.6. The summed E-state index contributed by atoms with van der Waals surface area (Å²) in [5.74, 6) is 0.912. The van der Waals surface area contributed by atoms with Gasteiger partial charge in [-0.1, -0.05) is 20.8 Å². The van der Waals surface area contributed by atoms with Crippen molar-refractivity contribution in [2.75, 3.05) is 19.0 Å². The fourth-order valence-corrected chi connectivity index (χ4v) is 3.56. The maximum absolute atomic E-state index is 13.5. The van der Waals surface area contributed by atoms with E-state index >= 15 is 0 Å². The van der Waals surface area contributed by atoms with Crippen LogP contribution in [0.3, 0.4) is 0 Å². The molecule has 2 N–H and O–H groups in total. The van der Waals surface area contributed by atoms with Gasteiger partial charge in [-0.25, -0.2) is 9.98 Å². The van der Waals surface area contributed by atoms with Crippen molar-refractivity contribution in [1.82, 2.24) is 15.3 Å². The number of allylic oxidation sites excluding steroid dienone is 2. The molecule has 0 saturated heterocycles. The van der Waals surface area contributed by atoms with Gasteiger partial charge in [-0.15, -0.1) is 0 Å². The van der Waals surface area contributed by atoms with Gasteiger partial charge in [0.2, 0.25) is 0 Å². The van der Waals surface area contributed by atoms with Crippen molar-refractivity contribution in [3.63, 3.8) is 0 Å². The van der Waals surface area contributed by atoms with Gasteiger partial charge in [-0.2, -0.15) is 13.2 Å². The molecule has 0 spiro atoms. The highest BCUT2D eigenvalue weighted by Gasteiger charge is 2.36. The maximum Gasteiger partial charge on any atom is 0.418 e. The Labute approximate surface area is 195 Å². The number of methoxy groups -OCH3 is 1. The van der Waals surface area contributed by atoms with Crippen LogP contribution < -0.4 is 10.6 Å². The molecule has 2 aliphatic heterocycles. The molecular formula is C24H25F3N6O. The number of aromatic nitrogens is 2. The molecule has 0 aromatic carbocycles. The molecule has 0 radical (unpaired) electrons. The highest BCUT2D eigenvalue weighted by Crippen LogP contribution is 2.34. The monoisotopic (exact) mass is 470 g/mol. The molecule has 0 bridgehead atoms. The SMILES string of the molecule is COCC1=NC2NC(c3ncccc3C(F)(F)F)=CC=C2C(Nc2ccc(C(C)(C)C)nc2)=N1. The van der Waals surface area contributed by atoms with Crippen molar-refractivity contribution >= 4 is 23.1 Å². The Hall–Kier alpha value is -3.53. The molecule has 34 heavy (non-hydrogen) atoms. The molecule has 2 aromatic rings. The summed E-state index contributed by atoms with van der Waals surface area (Å²) in [7, 11) is 1.52. The summed E-state index contributed by atoms with van der Waals surface area (Å²) < 4.78 is 45.7. The molecule has 0 saturated carbocycles. The molecule has 10 heteroatoms. The molecule has 1 unspecified atom stereocenters. The minimum Gasteiger partial charge on any atom is -0.377 e. The fourth-order valence-electron chi connectivity index (χ4n) is 3.56. The Balaban J connectivity index is 1.68. The fraction of sp³-hybridized carbons (Fsp3) is 0.333. The standard InChI is InChI=1S/C24H25F3N6O/c1-23(2,3)18-10-7-14(12-29-18)30-21-15-8-9-17(31-22(15)33-19(32-21)13-34-4)20-16(24(25,26)27)6-5-11-28-20/h5-12,22,31H,13H2,1-4H3,(H,30,32,33). The van der Waals surface area contributed by atoms with Crippen LogP contribution in [0.15, 0.2) is 64.4 Å². The normalized spacial score (nSPS) is 18.1. The molecule has 0 aliphatic carbocycles. The van der Waals surface area contributed by atoms with E-state index in [4.69, 9.17) is 4.74 Å². The summed E-state index contributed by atoms with van der Waals surface area (Å²) in [6, 6.07) is 6.13. The molecule has 2 aliphatic rings. The molecule has 4 heterocycles. The van der Waals surface area contributed by atoms with Crippen LogP contribution in [0.2, 0.25) is 0 Å². The second-order valence-electron chi connectivity index (χ2n) is 8.89. The van der Waals surface area contributed by atoms with Gasteiger partial charge in [0, 0.05) is 30.0 Å². The lowest BCUT2D eigenvalue weighted by atomic mass is 9.92. The largest absolute Gasteiger partial charge is 0.418 e. The number of hydrogen-bond donors (Lipinski definition) is 2. The Morgan fingerprint density at radius 2 is 1.88 bits per heavy atom. The van der Waals surface area contributed by atoms with Gasteiger partial charge in [0.1, 0.15) is 12.4 Å². The zero-order valence-electron chi connectivity index (χ0n) is 19.2. The molecule has 178 valence electrons. The van der Waals surface area contributed by atoms with Gasteiger partial charge >= 0.3 is 6.18 Å². The van der Waals surface area contributed by atoms with Crippen LogP contribution in [0.4, 0.5) is 18.9 Å². The number of amidine groups is 2. The van der Waals surface area contributed by atoms with Crippen LogP contribution in [-0.2, 0) is 16.3 Å². The summed E-state index contributed by atoms with van der Waals surface area (Å²) in [5, 5.41) is 6.32. The van der Waals surface area contributed by atoms with Gasteiger partial charge in [0.15, 0.2) is 12.0 Å². The van der Waals surface area contributed by atoms with Crippen LogP contribution in [-0.4, -0.2) is 41.5 Å². The Bertz CT molecular complexity index is 1190. The Morgan fingerprint density at radius 1 is 1.09 bits per heavy atom. The predicted octanol–water partition coefficient (Wildman–Crippen LogP) is 4.56. The van der Waals surface area contributed by atoms with Gasteiger partial charge < -0.3 is 15.4 Å². The average Bonchev–Trinajstić information content (AvgIpc) is 2.78. The number of aliphatic imine (C=N–C) groups is 2. The third kappa shape index (κ3) is 5.01. The van der Waals surface area contributed by atoms with E-state index in [2.05, 4.69) is 51.4 Å². The minimum atomic E-state index is -4.53. The number of nitrogens with zero attached hydrogens (tertiary/aromatic N) is 4. The van der Waals surface area contributed by atoms with Crippen molar-refractivity contribution in [1.29, 1.82) is 0 Å². The van der Waals surface area contributed by atoms with Crippen LogP contribution in [0.25, 0.3) is 5.70 Å². The predicted molar refractivity (Wildman–Crippen MR) is 126 cm³/mol. The maximum atomic E-state index is 13.5. The van der Waals surface area contributed by atoms with Crippen molar-refractivity contribution in [3.8, 4) is 0 Å². The number of halogens is 3. The second-order valence-corrected chi connectivity index (χ2v) is 8.89. The van der Waals surface area contributed by atoms with E-state index < -0.39 is 17.9 Å². The smallest absolute Gasteiger partial charge is 0.377 e. The summed E-state index contributed by atoms with van der Waals surface area (Å²) in [4.78, 5) is 17.6. The van der Waals surface area contributed by atoms with E-state index in [0.29, 0.717) is 17.2 Å². The molecule has 1 atom stereocenters. The number of rotatable bonds is 4. The first-order chi connectivity index (χ1) is 16.1. The van der Waals surface area contributed by atoms with E-state index in [1.807, 2.05) is 12.1 Å². The number of alkyl halides is 3. The van der Waals surface area contributed by atoms with E-state index in [1.54, 1.807) is 18.3 Å². The average molecular weight is 470 g/mol. The van der Waals surface area contributed by atoms with Gasteiger partial charge in [0.05, 0.1) is 28.8 Å². The first-order valence-corrected chi connectivity index (χ1v) is 10.7. The summed E-state index contributed by atoms with van der Waals surface area (Å²) in [5.41, 5.74) is 1.48. The highest BCUT2D eigenvalue weighted by atomic mass is 19.4. The van der Waals surface area contributed by atoms with E-state index in [0.717, 1.165) is 17.4 Å². The van der Waals surface area contributed by atoms with Gasteiger partial charge in [-0.3, -0.25) is 9.97 Å². The van der Waals surface area contributed by atoms with E-state index in [-0.39, 0.29) is 23.4 Å². The molecule has 4 rings (SSSR count). The van der Waals surface area contributed by atoms with E-state index in [9.17, 15) is 13.2 Å². The van der Waals surface area contributed by atoms with Crippen LogP contribution in [0.1, 0.15) is 37.7 Å². The highest BCUT2D eigenvalue weighted by molar-refractivity contribution is 6.16. The lowest BCUT2D eigenvalue weighted by Crippen LogP contribution is -2.40. The topological polar surface area (TPSA) is 83.8 Å². The third-order valence-corrected chi connectivity index (χ3v) is 5.25. The van der Waals surface area contributed by atoms with Crippen molar-refractivity contribution in [2.45, 2.75) is 38.5 Å². The van der Waals surface area contributed by atoms with Crippen molar-refractivity contribution < 1.29 is 17.9 Å². The number of dihydropyridines is 1. The number of anilines is 1. The quantitative estimate of drug-likeness (QED) is 0.685. The summed E-state index contributed by atoms with van der Waals surface area (Å²) in [6.45, 7) is 6.40. The molecule has 0 fully saturated rings.